The SMILES string of the molecule is O=C(NCCCN1CCCCC1)c1ccc2c(c1)sc1nc(-c3ccccc3O)cn12. The molecule has 1 fully saturated rings. The summed E-state index contributed by atoms with van der Waals surface area (Å²) in [6.45, 7) is 4.14. The first kappa shape index (κ1) is 20.0. The maximum atomic E-state index is 12.6. The van der Waals surface area contributed by atoms with Crippen LogP contribution in [0.25, 0.3) is 26.4 Å². The van der Waals surface area contributed by atoms with E-state index in [0.29, 0.717) is 17.7 Å². The molecule has 1 amide bonds. The Hall–Kier alpha value is -2.90. The average Bonchev–Trinajstić information content (AvgIpc) is 3.35. The predicted molar refractivity (Wildman–Crippen MR) is 125 cm³/mol. The van der Waals surface area contributed by atoms with Crippen molar-refractivity contribution in [2.75, 3.05) is 26.2 Å². The predicted octanol–water partition coefficient (Wildman–Crippen LogP) is 4.53. The minimum Gasteiger partial charge on any atom is -0.507 e. The van der Waals surface area contributed by atoms with Crippen molar-refractivity contribution in [3.8, 4) is 17.0 Å². The molecule has 6 nitrogen and oxygen atoms in total. The first-order chi connectivity index (χ1) is 15.2. The normalized spacial score (nSPS) is 15.0. The molecule has 0 atom stereocenters. The number of amides is 1. The monoisotopic (exact) mass is 434 g/mol. The topological polar surface area (TPSA) is 69.9 Å². The lowest BCUT2D eigenvalue weighted by atomic mass is 10.1. The lowest BCUT2D eigenvalue weighted by molar-refractivity contribution is 0.0951. The van der Waals surface area contributed by atoms with Crippen LogP contribution in [0.3, 0.4) is 0 Å². The summed E-state index contributed by atoms with van der Waals surface area (Å²) in [6, 6.07) is 13.0. The van der Waals surface area contributed by atoms with Gasteiger partial charge < -0.3 is 15.3 Å². The number of aromatic hydroxyl groups is 1. The van der Waals surface area contributed by atoms with Crippen LogP contribution in [-0.2, 0) is 0 Å². The van der Waals surface area contributed by atoms with E-state index in [2.05, 4.69) is 15.2 Å². The van der Waals surface area contributed by atoms with Gasteiger partial charge in [-0.05, 0) is 69.2 Å². The van der Waals surface area contributed by atoms with Gasteiger partial charge in [0.2, 0.25) is 0 Å². The molecular formula is C24H26N4O2S. The number of likely N-dealkylation sites (tertiary alicyclic amines) is 1. The standard InChI is InChI=1S/C24H26N4O2S/c29-21-8-3-2-7-18(21)19-16-28-20-10-9-17(15-22(20)31-24(28)26-19)23(30)25-11-6-14-27-12-4-1-5-13-27/h2-3,7-10,15-16,29H,1,4-6,11-14H2,(H,25,30). The Morgan fingerprint density at radius 2 is 1.97 bits per heavy atom. The molecule has 160 valence electrons. The van der Waals surface area contributed by atoms with Gasteiger partial charge in [-0.3, -0.25) is 9.20 Å². The molecule has 1 aliphatic rings. The third-order valence-corrected chi connectivity index (χ3v) is 6.94. The van der Waals surface area contributed by atoms with E-state index < -0.39 is 0 Å². The third kappa shape index (κ3) is 4.16. The highest BCUT2D eigenvalue weighted by Crippen LogP contribution is 2.33. The van der Waals surface area contributed by atoms with Gasteiger partial charge in [0.1, 0.15) is 5.75 Å². The molecule has 31 heavy (non-hydrogen) atoms. The molecule has 7 heteroatoms. The summed E-state index contributed by atoms with van der Waals surface area (Å²) in [5.41, 5.74) is 3.14. The summed E-state index contributed by atoms with van der Waals surface area (Å²) in [5.74, 6) is 0.193. The van der Waals surface area contributed by atoms with Gasteiger partial charge in [0.15, 0.2) is 4.96 Å². The fraction of sp³-hybridized carbons (Fsp3) is 0.333. The van der Waals surface area contributed by atoms with Gasteiger partial charge in [-0.1, -0.05) is 29.9 Å². The van der Waals surface area contributed by atoms with Crippen molar-refractivity contribution in [1.29, 1.82) is 0 Å². The van der Waals surface area contributed by atoms with Crippen molar-refractivity contribution in [1.82, 2.24) is 19.6 Å². The highest BCUT2D eigenvalue weighted by Gasteiger charge is 2.15. The number of hydrogen-bond acceptors (Lipinski definition) is 5. The van der Waals surface area contributed by atoms with Crippen molar-refractivity contribution in [3.63, 3.8) is 0 Å². The Labute approximate surface area is 185 Å². The summed E-state index contributed by atoms with van der Waals surface area (Å²) in [7, 11) is 0. The number of carbonyl (C=O) groups excluding carboxylic acids is 1. The largest absolute Gasteiger partial charge is 0.507 e. The fourth-order valence-electron chi connectivity index (χ4n) is 4.25. The van der Waals surface area contributed by atoms with Gasteiger partial charge >= 0.3 is 0 Å². The van der Waals surface area contributed by atoms with Crippen LogP contribution in [0.2, 0.25) is 0 Å². The first-order valence-corrected chi connectivity index (χ1v) is 11.7. The van der Waals surface area contributed by atoms with Crippen LogP contribution in [0, 0.1) is 0 Å². The van der Waals surface area contributed by atoms with Crippen molar-refractivity contribution in [2.45, 2.75) is 25.7 Å². The summed E-state index contributed by atoms with van der Waals surface area (Å²) >= 11 is 1.55. The zero-order valence-electron chi connectivity index (χ0n) is 17.4. The van der Waals surface area contributed by atoms with E-state index >= 15 is 0 Å². The molecule has 0 spiro atoms. The lowest BCUT2D eigenvalue weighted by Crippen LogP contribution is -2.33. The number of benzene rings is 2. The third-order valence-electron chi connectivity index (χ3n) is 5.92. The molecule has 5 rings (SSSR count). The highest BCUT2D eigenvalue weighted by atomic mass is 32.1. The molecule has 3 heterocycles. The molecule has 0 bridgehead atoms. The summed E-state index contributed by atoms with van der Waals surface area (Å²) < 4.78 is 3.04. The number of phenols is 1. The fourth-order valence-corrected chi connectivity index (χ4v) is 5.30. The smallest absolute Gasteiger partial charge is 0.251 e. The molecule has 1 aliphatic heterocycles. The van der Waals surface area contributed by atoms with Gasteiger partial charge in [0.05, 0.1) is 15.9 Å². The number of phenolic OH excluding ortho intramolecular Hbond substituents is 1. The second kappa shape index (κ2) is 8.69. The number of imidazole rings is 1. The van der Waals surface area contributed by atoms with E-state index in [9.17, 15) is 9.90 Å². The van der Waals surface area contributed by atoms with E-state index in [-0.39, 0.29) is 11.7 Å². The van der Waals surface area contributed by atoms with E-state index in [1.807, 2.05) is 40.9 Å². The van der Waals surface area contributed by atoms with Crippen LogP contribution in [0.4, 0.5) is 0 Å². The Morgan fingerprint density at radius 3 is 2.81 bits per heavy atom. The average molecular weight is 435 g/mol. The molecule has 0 radical (unpaired) electrons. The van der Waals surface area contributed by atoms with E-state index in [4.69, 9.17) is 0 Å². The van der Waals surface area contributed by atoms with Gasteiger partial charge in [0.25, 0.3) is 5.91 Å². The Balaban J connectivity index is 1.27. The van der Waals surface area contributed by atoms with Crippen molar-refractivity contribution >= 4 is 32.4 Å². The number of hydrogen-bond donors (Lipinski definition) is 2. The number of aromatic nitrogens is 2. The van der Waals surface area contributed by atoms with Crippen LogP contribution in [0.1, 0.15) is 36.0 Å². The lowest BCUT2D eigenvalue weighted by Gasteiger charge is -2.26. The van der Waals surface area contributed by atoms with Crippen LogP contribution >= 0.6 is 11.3 Å². The van der Waals surface area contributed by atoms with Crippen LogP contribution in [0.15, 0.2) is 48.7 Å². The number of carbonyl (C=O) groups is 1. The second-order valence-electron chi connectivity index (χ2n) is 8.09. The molecule has 1 saturated heterocycles. The van der Waals surface area contributed by atoms with Gasteiger partial charge in [-0.15, -0.1) is 0 Å². The molecule has 0 unspecified atom stereocenters. The van der Waals surface area contributed by atoms with Crippen LogP contribution < -0.4 is 5.32 Å². The second-order valence-corrected chi connectivity index (χ2v) is 9.10. The quantitative estimate of drug-likeness (QED) is 0.438. The molecule has 0 aliphatic carbocycles. The van der Waals surface area contributed by atoms with Crippen LogP contribution in [0.5, 0.6) is 5.75 Å². The Kier molecular flexibility index (Phi) is 5.61. The Bertz CT molecular complexity index is 1220. The van der Waals surface area contributed by atoms with Gasteiger partial charge in [0, 0.05) is 23.9 Å². The van der Waals surface area contributed by atoms with Crippen LogP contribution in [-0.4, -0.2) is 51.5 Å². The number of nitrogens with one attached hydrogen (secondary N) is 1. The van der Waals surface area contributed by atoms with Crippen molar-refractivity contribution in [2.24, 2.45) is 0 Å². The van der Waals surface area contributed by atoms with E-state index in [0.717, 1.165) is 33.8 Å². The molecule has 2 aromatic carbocycles. The number of fused-ring (bicyclic) bond motifs is 3. The zero-order chi connectivity index (χ0) is 21.2. The first-order valence-electron chi connectivity index (χ1n) is 10.9. The summed E-state index contributed by atoms with van der Waals surface area (Å²) in [5, 5.41) is 13.2. The number of rotatable bonds is 6. The van der Waals surface area contributed by atoms with Crippen molar-refractivity contribution < 1.29 is 9.90 Å². The molecule has 4 aromatic rings. The number of nitrogens with zero attached hydrogens (tertiary/aromatic N) is 3. The van der Waals surface area contributed by atoms with E-state index in [1.165, 1.54) is 32.4 Å². The number of thiazole rings is 1. The van der Waals surface area contributed by atoms with E-state index in [1.54, 1.807) is 23.5 Å². The minimum absolute atomic E-state index is 0.0264. The number of piperidine rings is 1. The molecule has 2 aromatic heterocycles. The molecular weight excluding hydrogens is 408 g/mol. The van der Waals surface area contributed by atoms with Gasteiger partial charge in [-0.25, -0.2) is 4.98 Å². The zero-order valence-corrected chi connectivity index (χ0v) is 18.2. The maximum Gasteiger partial charge on any atom is 0.251 e. The molecule has 0 saturated carbocycles. The summed E-state index contributed by atoms with van der Waals surface area (Å²) in [6.07, 6.45) is 6.86. The highest BCUT2D eigenvalue weighted by molar-refractivity contribution is 7.23. The van der Waals surface area contributed by atoms with Crippen molar-refractivity contribution in [3.05, 3.63) is 54.2 Å². The minimum atomic E-state index is -0.0264. The maximum absolute atomic E-state index is 12.6. The number of para-hydroxylation sites is 1. The molecule has 2 N–H and O–H groups in total. The van der Waals surface area contributed by atoms with Gasteiger partial charge in [-0.2, -0.15) is 0 Å². The Morgan fingerprint density at radius 1 is 1.13 bits per heavy atom. The summed E-state index contributed by atoms with van der Waals surface area (Å²) in [4.78, 5) is 20.6.